The lowest BCUT2D eigenvalue weighted by atomic mass is 10.0. The third-order valence-corrected chi connectivity index (χ3v) is 6.03. The van der Waals surface area contributed by atoms with Crippen molar-refractivity contribution >= 4 is 10.8 Å². The van der Waals surface area contributed by atoms with Crippen LogP contribution in [0.2, 0.25) is 0 Å². The summed E-state index contributed by atoms with van der Waals surface area (Å²) in [6.45, 7) is 2.25. The second-order valence-corrected chi connectivity index (χ2v) is 7.66. The van der Waals surface area contributed by atoms with E-state index >= 15 is 0 Å². The van der Waals surface area contributed by atoms with Crippen LogP contribution in [0.25, 0.3) is 0 Å². The molecule has 0 bridgehead atoms. The lowest BCUT2D eigenvalue weighted by Crippen LogP contribution is -2.19. The van der Waals surface area contributed by atoms with Crippen LogP contribution in [-0.2, 0) is 10.8 Å². The smallest absolute Gasteiger partial charge is 0.0348 e. The minimum absolute atomic E-state index is 0.529. The summed E-state index contributed by atoms with van der Waals surface area (Å²) in [7, 11) is -0.532. The van der Waals surface area contributed by atoms with Crippen molar-refractivity contribution in [3.05, 3.63) is 0 Å². The Kier molecular flexibility index (Phi) is 9.92. The molecular formula is C16H32OS. The molecule has 1 aliphatic carbocycles. The Morgan fingerprint density at radius 1 is 0.833 bits per heavy atom. The molecular weight excluding hydrogens is 240 g/mol. The van der Waals surface area contributed by atoms with Gasteiger partial charge in [0.1, 0.15) is 0 Å². The summed E-state index contributed by atoms with van der Waals surface area (Å²) in [5.41, 5.74) is 0. The summed E-state index contributed by atoms with van der Waals surface area (Å²) in [5, 5.41) is 0.529. The SMILES string of the molecule is CCCCCCCCS(=O)C1CCCCCCC1. The van der Waals surface area contributed by atoms with Crippen molar-refractivity contribution in [1.82, 2.24) is 0 Å². The van der Waals surface area contributed by atoms with Gasteiger partial charge in [-0.2, -0.15) is 0 Å². The zero-order valence-corrected chi connectivity index (χ0v) is 13.1. The predicted molar refractivity (Wildman–Crippen MR) is 82.5 cm³/mol. The lowest BCUT2D eigenvalue weighted by Gasteiger charge is -2.19. The van der Waals surface area contributed by atoms with Gasteiger partial charge in [-0.15, -0.1) is 0 Å². The Labute approximate surface area is 117 Å². The first-order valence-corrected chi connectivity index (χ1v) is 9.60. The largest absolute Gasteiger partial charge is 0.259 e. The highest BCUT2D eigenvalue weighted by atomic mass is 32.2. The van der Waals surface area contributed by atoms with Crippen molar-refractivity contribution in [2.24, 2.45) is 0 Å². The Morgan fingerprint density at radius 2 is 1.39 bits per heavy atom. The van der Waals surface area contributed by atoms with Gasteiger partial charge in [-0.1, -0.05) is 71.1 Å². The first-order valence-electron chi connectivity index (χ1n) is 8.21. The fraction of sp³-hybridized carbons (Fsp3) is 1.00. The molecule has 108 valence electrons. The molecule has 0 aliphatic heterocycles. The number of rotatable bonds is 8. The van der Waals surface area contributed by atoms with Crippen LogP contribution in [0.15, 0.2) is 0 Å². The van der Waals surface area contributed by atoms with Gasteiger partial charge >= 0.3 is 0 Å². The van der Waals surface area contributed by atoms with Gasteiger partial charge < -0.3 is 0 Å². The van der Waals surface area contributed by atoms with E-state index < -0.39 is 10.8 Å². The van der Waals surface area contributed by atoms with Crippen LogP contribution in [0.3, 0.4) is 0 Å². The van der Waals surface area contributed by atoms with Gasteiger partial charge in [0.15, 0.2) is 0 Å². The molecule has 1 saturated carbocycles. The van der Waals surface area contributed by atoms with Gasteiger partial charge in [-0.3, -0.25) is 4.21 Å². The van der Waals surface area contributed by atoms with Crippen molar-refractivity contribution in [3.63, 3.8) is 0 Å². The topological polar surface area (TPSA) is 17.1 Å². The van der Waals surface area contributed by atoms with Crippen LogP contribution in [0.1, 0.15) is 90.4 Å². The standard InChI is InChI=1S/C16H32OS/c1-2-3-4-5-9-12-15-18(17)16-13-10-7-6-8-11-14-16/h16H,2-15H2,1H3. The van der Waals surface area contributed by atoms with Gasteiger partial charge in [-0.25, -0.2) is 0 Å². The van der Waals surface area contributed by atoms with E-state index in [2.05, 4.69) is 6.92 Å². The summed E-state index contributed by atoms with van der Waals surface area (Å²) in [6, 6.07) is 0. The van der Waals surface area contributed by atoms with E-state index in [4.69, 9.17) is 0 Å². The van der Waals surface area contributed by atoms with Gasteiger partial charge in [0.2, 0.25) is 0 Å². The Hall–Kier alpha value is 0.150. The Morgan fingerprint density at radius 3 is 2.06 bits per heavy atom. The van der Waals surface area contributed by atoms with Crippen LogP contribution in [0.4, 0.5) is 0 Å². The third-order valence-electron chi connectivity index (χ3n) is 4.12. The molecule has 18 heavy (non-hydrogen) atoms. The number of hydrogen-bond acceptors (Lipinski definition) is 1. The molecule has 1 nitrogen and oxygen atoms in total. The van der Waals surface area contributed by atoms with Crippen molar-refractivity contribution in [3.8, 4) is 0 Å². The van der Waals surface area contributed by atoms with E-state index in [9.17, 15) is 4.21 Å². The Balaban J connectivity index is 2.06. The van der Waals surface area contributed by atoms with Crippen molar-refractivity contribution in [2.75, 3.05) is 5.75 Å². The van der Waals surface area contributed by atoms with Crippen LogP contribution >= 0.6 is 0 Å². The van der Waals surface area contributed by atoms with Gasteiger partial charge in [-0.05, 0) is 19.3 Å². The van der Waals surface area contributed by atoms with E-state index in [-0.39, 0.29) is 0 Å². The number of hydrogen-bond donors (Lipinski definition) is 0. The predicted octanol–water partition coefficient (Wildman–Crippen LogP) is 5.21. The van der Waals surface area contributed by atoms with E-state index in [1.807, 2.05) is 0 Å². The van der Waals surface area contributed by atoms with E-state index in [1.54, 1.807) is 0 Å². The molecule has 1 rings (SSSR count). The van der Waals surface area contributed by atoms with Crippen molar-refractivity contribution in [2.45, 2.75) is 95.6 Å². The van der Waals surface area contributed by atoms with Crippen molar-refractivity contribution in [1.29, 1.82) is 0 Å². The van der Waals surface area contributed by atoms with Crippen LogP contribution < -0.4 is 0 Å². The first-order chi connectivity index (χ1) is 8.84. The van der Waals surface area contributed by atoms with Crippen LogP contribution in [0.5, 0.6) is 0 Å². The average molecular weight is 272 g/mol. The monoisotopic (exact) mass is 272 g/mol. The van der Waals surface area contributed by atoms with E-state index in [0.29, 0.717) is 5.25 Å². The lowest BCUT2D eigenvalue weighted by molar-refractivity contribution is 0.504. The highest BCUT2D eigenvalue weighted by Gasteiger charge is 2.17. The van der Waals surface area contributed by atoms with Gasteiger partial charge in [0.25, 0.3) is 0 Å². The normalized spacial score (nSPS) is 20.3. The molecule has 0 radical (unpaired) electrons. The molecule has 0 aromatic carbocycles. The summed E-state index contributed by atoms with van der Waals surface area (Å²) < 4.78 is 12.3. The summed E-state index contributed by atoms with van der Waals surface area (Å²) in [4.78, 5) is 0. The quantitative estimate of drug-likeness (QED) is 0.554. The second-order valence-electron chi connectivity index (χ2n) is 5.82. The zero-order chi connectivity index (χ0) is 13.1. The molecule has 1 aliphatic rings. The molecule has 0 aromatic rings. The fourth-order valence-corrected chi connectivity index (χ4v) is 4.55. The molecule has 0 heterocycles. The number of unbranched alkanes of at least 4 members (excludes halogenated alkanes) is 5. The van der Waals surface area contributed by atoms with Gasteiger partial charge in [0.05, 0.1) is 0 Å². The minimum Gasteiger partial charge on any atom is -0.259 e. The first kappa shape index (κ1) is 16.2. The molecule has 0 amide bonds. The van der Waals surface area contributed by atoms with Crippen LogP contribution in [-0.4, -0.2) is 15.2 Å². The molecule has 1 fully saturated rings. The zero-order valence-electron chi connectivity index (χ0n) is 12.3. The van der Waals surface area contributed by atoms with E-state index in [0.717, 1.165) is 5.75 Å². The maximum Gasteiger partial charge on any atom is 0.0348 e. The molecule has 2 heteroatoms. The highest BCUT2D eigenvalue weighted by Crippen LogP contribution is 2.21. The summed E-state index contributed by atoms with van der Waals surface area (Å²) in [6.07, 6.45) is 17.1. The summed E-state index contributed by atoms with van der Waals surface area (Å²) >= 11 is 0. The molecule has 1 atom stereocenters. The highest BCUT2D eigenvalue weighted by molar-refractivity contribution is 7.85. The molecule has 0 aromatic heterocycles. The molecule has 1 unspecified atom stereocenters. The maximum absolute atomic E-state index is 12.3. The van der Waals surface area contributed by atoms with Gasteiger partial charge in [0, 0.05) is 21.8 Å². The second kappa shape index (κ2) is 11.0. The minimum atomic E-state index is -0.532. The third kappa shape index (κ3) is 7.56. The Bertz CT molecular complexity index is 207. The van der Waals surface area contributed by atoms with Crippen molar-refractivity contribution < 1.29 is 4.21 Å². The molecule has 0 spiro atoms. The molecule has 0 saturated heterocycles. The summed E-state index contributed by atoms with van der Waals surface area (Å²) in [5.74, 6) is 0.969. The maximum atomic E-state index is 12.3. The van der Waals surface area contributed by atoms with Crippen LogP contribution in [0, 0.1) is 0 Å². The van der Waals surface area contributed by atoms with E-state index in [1.165, 1.54) is 83.5 Å². The fourth-order valence-electron chi connectivity index (χ4n) is 2.87. The average Bonchev–Trinajstić information content (AvgIpc) is 2.33. The molecule has 0 N–H and O–H groups in total.